The molecule has 1 heterocycles. The van der Waals surface area contributed by atoms with Crippen molar-refractivity contribution in [3.05, 3.63) is 57.3 Å². The summed E-state index contributed by atoms with van der Waals surface area (Å²) >= 11 is 7.68. The molecule has 0 saturated carbocycles. The van der Waals surface area contributed by atoms with Crippen LogP contribution in [0.15, 0.2) is 41.1 Å². The number of thiophene rings is 1. The molecule has 2 N–H and O–H groups in total. The summed E-state index contributed by atoms with van der Waals surface area (Å²) in [5, 5.41) is 9.54. The van der Waals surface area contributed by atoms with Gasteiger partial charge in [-0.25, -0.2) is 0 Å². The van der Waals surface area contributed by atoms with Crippen LogP contribution in [-0.4, -0.2) is 32.1 Å². The summed E-state index contributed by atoms with van der Waals surface area (Å²) in [6, 6.07) is 6.67. The highest BCUT2D eigenvalue weighted by atomic mass is 35.5. The summed E-state index contributed by atoms with van der Waals surface area (Å²) in [6.07, 6.45) is 3.17. The Hall–Kier alpha value is -2.15. The van der Waals surface area contributed by atoms with Gasteiger partial charge in [0.1, 0.15) is 0 Å². The van der Waals surface area contributed by atoms with Crippen molar-refractivity contribution in [2.75, 3.05) is 25.6 Å². The molecule has 126 valence electrons. The van der Waals surface area contributed by atoms with E-state index in [0.717, 1.165) is 5.56 Å². The first-order valence-electron chi connectivity index (χ1n) is 7.18. The maximum Gasteiger partial charge on any atom is 0.252 e. The lowest BCUT2D eigenvalue weighted by atomic mass is 10.2. The Morgan fingerprint density at radius 1 is 1.33 bits per heavy atom. The molecular weight excluding hydrogens is 348 g/mol. The van der Waals surface area contributed by atoms with Crippen LogP contribution in [0.4, 0.5) is 5.69 Å². The Labute approximate surface area is 149 Å². The topological polar surface area (TPSA) is 67.4 Å². The van der Waals surface area contributed by atoms with Crippen molar-refractivity contribution in [2.24, 2.45) is 0 Å². The summed E-state index contributed by atoms with van der Waals surface area (Å²) in [5.41, 5.74) is 1.84. The van der Waals surface area contributed by atoms with Crippen LogP contribution < -0.4 is 10.6 Å². The Morgan fingerprint density at radius 3 is 2.83 bits per heavy atom. The predicted octanol–water partition coefficient (Wildman–Crippen LogP) is 3.43. The van der Waals surface area contributed by atoms with Gasteiger partial charge in [-0.2, -0.15) is 11.3 Å². The Bertz CT molecular complexity index is 729. The molecule has 0 saturated heterocycles. The molecule has 24 heavy (non-hydrogen) atoms. The first kappa shape index (κ1) is 18.2. The van der Waals surface area contributed by atoms with Crippen LogP contribution in [0.3, 0.4) is 0 Å². The molecule has 0 atom stereocenters. The number of carbonyl (C=O) groups is 2. The lowest BCUT2D eigenvalue weighted by Crippen LogP contribution is -2.27. The van der Waals surface area contributed by atoms with Gasteiger partial charge in [-0.3, -0.25) is 9.59 Å². The van der Waals surface area contributed by atoms with E-state index in [1.165, 1.54) is 6.08 Å². The van der Waals surface area contributed by atoms with Crippen LogP contribution in [0.2, 0.25) is 5.02 Å². The fourth-order valence-corrected chi connectivity index (χ4v) is 2.76. The Morgan fingerprint density at radius 2 is 2.17 bits per heavy atom. The number of rotatable bonds is 7. The number of benzene rings is 1. The molecule has 1 aromatic heterocycles. The van der Waals surface area contributed by atoms with Gasteiger partial charge in [0.05, 0.1) is 17.2 Å². The molecule has 1 aromatic carbocycles. The normalized spacial score (nSPS) is 10.8. The molecule has 5 nitrogen and oxygen atoms in total. The maximum absolute atomic E-state index is 12.0. The predicted molar refractivity (Wildman–Crippen MR) is 97.6 cm³/mol. The molecule has 7 heteroatoms. The second kappa shape index (κ2) is 9.22. The fraction of sp³-hybridized carbons (Fsp3) is 0.176. The number of methoxy groups -OCH3 is 1. The average molecular weight is 365 g/mol. The van der Waals surface area contributed by atoms with Crippen molar-refractivity contribution >= 4 is 46.5 Å². The van der Waals surface area contributed by atoms with Gasteiger partial charge in [0.25, 0.3) is 5.91 Å². The number of carbonyl (C=O) groups excluding carboxylic acids is 2. The van der Waals surface area contributed by atoms with Crippen molar-refractivity contribution in [2.45, 2.75) is 0 Å². The summed E-state index contributed by atoms with van der Waals surface area (Å²) in [5.74, 6) is -0.554. The number of hydrogen-bond acceptors (Lipinski definition) is 4. The SMILES string of the molecule is COCCNC(=O)c1ccc(NC(=O)/C=C/c2ccsc2)cc1Cl. The van der Waals surface area contributed by atoms with Crippen LogP contribution in [0.1, 0.15) is 15.9 Å². The molecular formula is C17H17ClN2O3S. The molecule has 2 amide bonds. The highest BCUT2D eigenvalue weighted by Crippen LogP contribution is 2.21. The first-order chi connectivity index (χ1) is 11.6. The zero-order valence-corrected chi connectivity index (χ0v) is 14.6. The first-order valence-corrected chi connectivity index (χ1v) is 8.50. The van der Waals surface area contributed by atoms with E-state index in [9.17, 15) is 9.59 Å². The van der Waals surface area contributed by atoms with E-state index in [1.54, 1.807) is 42.7 Å². The van der Waals surface area contributed by atoms with Crippen LogP contribution in [0.5, 0.6) is 0 Å². The van der Waals surface area contributed by atoms with E-state index < -0.39 is 0 Å². The second-order valence-corrected chi connectivity index (χ2v) is 6.01. The quantitative estimate of drug-likeness (QED) is 0.584. The Balaban J connectivity index is 1.96. The van der Waals surface area contributed by atoms with Gasteiger partial charge >= 0.3 is 0 Å². The molecule has 0 radical (unpaired) electrons. The van der Waals surface area contributed by atoms with Gasteiger partial charge in [0.15, 0.2) is 0 Å². The molecule has 0 aliphatic rings. The lowest BCUT2D eigenvalue weighted by molar-refractivity contribution is -0.111. The van der Waals surface area contributed by atoms with E-state index in [2.05, 4.69) is 10.6 Å². The summed E-state index contributed by atoms with van der Waals surface area (Å²) in [6.45, 7) is 0.825. The van der Waals surface area contributed by atoms with Gasteiger partial charge in [-0.05, 0) is 46.7 Å². The smallest absolute Gasteiger partial charge is 0.252 e. The molecule has 0 spiro atoms. The lowest BCUT2D eigenvalue weighted by Gasteiger charge is -2.08. The van der Waals surface area contributed by atoms with Crippen LogP contribution >= 0.6 is 22.9 Å². The van der Waals surface area contributed by atoms with Crippen LogP contribution in [0, 0.1) is 0 Å². The van der Waals surface area contributed by atoms with Gasteiger partial charge in [0, 0.05) is 25.4 Å². The zero-order chi connectivity index (χ0) is 17.4. The van der Waals surface area contributed by atoms with Crippen molar-refractivity contribution < 1.29 is 14.3 Å². The minimum absolute atomic E-state index is 0.268. The number of nitrogens with one attached hydrogen (secondary N) is 2. The number of amides is 2. The van der Waals surface area contributed by atoms with Crippen molar-refractivity contribution in [3.8, 4) is 0 Å². The zero-order valence-electron chi connectivity index (χ0n) is 13.0. The molecule has 2 aromatic rings. The maximum atomic E-state index is 12.0. The molecule has 0 aliphatic heterocycles. The van der Waals surface area contributed by atoms with E-state index in [0.29, 0.717) is 24.4 Å². The van der Waals surface area contributed by atoms with E-state index in [4.69, 9.17) is 16.3 Å². The number of anilines is 1. The standard InChI is InChI=1S/C17H17ClN2O3S/c1-23-8-7-19-17(22)14-4-3-13(10-15(14)18)20-16(21)5-2-12-6-9-24-11-12/h2-6,9-11H,7-8H2,1H3,(H,19,22)(H,20,21)/b5-2+. The van der Waals surface area contributed by atoms with Crippen LogP contribution in [-0.2, 0) is 9.53 Å². The highest BCUT2D eigenvalue weighted by Gasteiger charge is 2.11. The van der Waals surface area contributed by atoms with Crippen LogP contribution in [0.25, 0.3) is 6.08 Å². The van der Waals surface area contributed by atoms with E-state index >= 15 is 0 Å². The van der Waals surface area contributed by atoms with E-state index in [1.807, 2.05) is 16.8 Å². The molecule has 2 rings (SSSR count). The largest absolute Gasteiger partial charge is 0.383 e. The molecule has 0 aliphatic carbocycles. The molecule has 0 fully saturated rings. The molecule has 0 bridgehead atoms. The fourth-order valence-electron chi connectivity index (χ4n) is 1.86. The summed E-state index contributed by atoms with van der Waals surface area (Å²) < 4.78 is 4.87. The van der Waals surface area contributed by atoms with Crippen molar-refractivity contribution in [3.63, 3.8) is 0 Å². The summed E-state index contributed by atoms with van der Waals surface area (Å²) in [7, 11) is 1.56. The third kappa shape index (κ3) is 5.49. The van der Waals surface area contributed by atoms with Crippen molar-refractivity contribution in [1.82, 2.24) is 5.32 Å². The van der Waals surface area contributed by atoms with E-state index in [-0.39, 0.29) is 16.8 Å². The second-order valence-electron chi connectivity index (χ2n) is 4.82. The number of hydrogen-bond donors (Lipinski definition) is 2. The minimum Gasteiger partial charge on any atom is -0.383 e. The van der Waals surface area contributed by atoms with Gasteiger partial charge in [0.2, 0.25) is 5.91 Å². The minimum atomic E-state index is -0.285. The van der Waals surface area contributed by atoms with Gasteiger partial charge in [-0.15, -0.1) is 0 Å². The third-order valence-corrected chi connectivity index (χ3v) is 4.06. The third-order valence-electron chi connectivity index (χ3n) is 3.04. The monoisotopic (exact) mass is 364 g/mol. The van der Waals surface area contributed by atoms with Gasteiger partial charge in [-0.1, -0.05) is 11.6 Å². The average Bonchev–Trinajstić information content (AvgIpc) is 3.06. The highest BCUT2D eigenvalue weighted by molar-refractivity contribution is 7.08. The van der Waals surface area contributed by atoms with Crippen molar-refractivity contribution in [1.29, 1.82) is 0 Å². The van der Waals surface area contributed by atoms with Gasteiger partial charge < -0.3 is 15.4 Å². The number of ether oxygens (including phenoxy) is 1. The molecule has 0 unspecified atom stereocenters. The number of halogens is 1. The Kier molecular flexibility index (Phi) is 6.99. The summed E-state index contributed by atoms with van der Waals surface area (Å²) in [4.78, 5) is 23.8.